The second kappa shape index (κ2) is 7.10. The molecule has 0 aliphatic rings. The molecule has 0 atom stereocenters. The number of Topliss-reactive ketones (excluding diaryl/α,β-unsaturated/α-hetero) is 1. The lowest BCUT2D eigenvalue weighted by molar-refractivity contribution is 0.102. The summed E-state index contributed by atoms with van der Waals surface area (Å²) in [5, 5.41) is 6.02. The smallest absolute Gasteiger partial charge is 0.362 e. The van der Waals surface area contributed by atoms with E-state index < -0.39 is 5.69 Å². The van der Waals surface area contributed by atoms with Crippen LogP contribution in [0.15, 0.2) is 64.4 Å². The van der Waals surface area contributed by atoms with E-state index in [0.717, 1.165) is 22.9 Å². The van der Waals surface area contributed by atoms with Gasteiger partial charge < -0.3 is 5.73 Å². The minimum atomic E-state index is -0.591. The lowest BCUT2D eigenvalue weighted by atomic mass is 10.0. The number of H-pyrrole nitrogens is 1. The van der Waals surface area contributed by atoms with Crippen molar-refractivity contribution in [2.45, 2.75) is 5.03 Å². The monoisotopic (exact) mass is 338 g/mol. The van der Waals surface area contributed by atoms with Gasteiger partial charge in [0, 0.05) is 5.56 Å². The highest BCUT2D eigenvalue weighted by Gasteiger charge is 2.11. The summed E-state index contributed by atoms with van der Waals surface area (Å²) in [6.07, 6.45) is 0. The zero-order valence-corrected chi connectivity index (χ0v) is 13.4. The average Bonchev–Trinajstić information content (AvgIpc) is 2.63. The van der Waals surface area contributed by atoms with Crippen molar-refractivity contribution in [1.82, 2.24) is 15.2 Å². The number of nitrogen functional groups attached to an aromatic ring is 1. The number of aromatic amines is 1. The predicted octanol–water partition coefficient (Wildman–Crippen LogP) is 2.39. The summed E-state index contributed by atoms with van der Waals surface area (Å²) in [7, 11) is 0. The molecule has 0 bridgehead atoms. The van der Waals surface area contributed by atoms with E-state index in [1.54, 1.807) is 12.1 Å². The molecule has 3 rings (SSSR count). The van der Waals surface area contributed by atoms with Gasteiger partial charge in [-0.2, -0.15) is 10.1 Å². The van der Waals surface area contributed by atoms with Gasteiger partial charge in [0.25, 0.3) is 0 Å². The van der Waals surface area contributed by atoms with Crippen LogP contribution in [0.1, 0.15) is 10.4 Å². The van der Waals surface area contributed by atoms with Crippen molar-refractivity contribution in [1.29, 1.82) is 0 Å². The highest BCUT2D eigenvalue weighted by atomic mass is 32.2. The molecule has 0 radical (unpaired) electrons. The topological polar surface area (TPSA) is 102 Å². The number of carbonyl (C=O) groups excluding carboxylic acids is 1. The Morgan fingerprint density at radius 1 is 1.04 bits per heavy atom. The van der Waals surface area contributed by atoms with Gasteiger partial charge in [-0.3, -0.25) is 4.79 Å². The fourth-order valence-electron chi connectivity index (χ4n) is 2.13. The Bertz CT molecular complexity index is 908. The molecule has 0 fully saturated rings. The fourth-order valence-corrected chi connectivity index (χ4v) is 2.91. The number of nitrogens with two attached hydrogens (primary N) is 1. The molecular formula is C17H14N4O2S. The minimum absolute atomic E-state index is 0.0684. The maximum Gasteiger partial charge on any atom is 0.362 e. The number of anilines is 1. The maximum atomic E-state index is 12.3. The van der Waals surface area contributed by atoms with Gasteiger partial charge in [0.2, 0.25) is 0 Å². The van der Waals surface area contributed by atoms with Crippen LogP contribution in [-0.4, -0.2) is 26.7 Å². The van der Waals surface area contributed by atoms with E-state index in [2.05, 4.69) is 15.2 Å². The first-order chi connectivity index (χ1) is 11.6. The molecule has 3 N–H and O–H groups in total. The van der Waals surface area contributed by atoms with Gasteiger partial charge in [0.05, 0.1) is 5.75 Å². The zero-order chi connectivity index (χ0) is 16.9. The van der Waals surface area contributed by atoms with Gasteiger partial charge in [-0.15, -0.1) is 0 Å². The quantitative estimate of drug-likeness (QED) is 0.547. The number of thioether (sulfide) groups is 1. The second-order valence-corrected chi connectivity index (χ2v) is 5.95. The lowest BCUT2D eigenvalue weighted by Gasteiger charge is -2.05. The van der Waals surface area contributed by atoms with Crippen molar-refractivity contribution in [3.63, 3.8) is 0 Å². The van der Waals surface area contributed by atoms with Crippen LogP contribution in [0, 0.1) is 0 Å². The van der Waals surface area contributed by atoms with Crippen molar-refractivity contribution in [2.24, 2.45) is 0 Å². The molecule has 120 valence electrons. The molecule has 0 aliphatic heterocycles. The molecule has 0 saturated carbocycles. The number of aromatic nitrogens is 3. The molecule has 0 spiro atoms. The summed E-state index contributed by atoms with van der Waals surface area (Å²) in [6, 6.07) is 17.3. The molecule has 24 heavy (non-hydrogen) atoms. The first-order valence-electron chi connectivity index (χ1n) is 7.17. The number of hydrogen-bond donors (Lipinski definition) is 2. The van der Waals surface area contributed by atoms with Gasteiger partial charge >= 0.3 is 5.69 Å². The van der Waals surface area contributed by atoms with Crippen LogP contribution in [0.2, 0.25) is 0 Å². The SMILES string of the molecule is Nc1n[nH]c(=O)nc1SCC(=O)c1ccc(-c2ccccc2)cc1. The summed E-state index contributed by atoms with van der Waals surface area (Å²) >= 11 is 1.10. The third kappa shape index (κ3) is 3.69. The molecule has 0 aliphatic carbocycles. The number of rotatable bonds is 5. The number of ketones is 1. The van der Waals surface area contributed by atoms with Crippen molar-refractivity contribution in [2.75, 3.05) is 11.5 Å². The van der Waals surface area contributed by atoms with Gasteiger partial charge in [-0.05, 0) is 11.1 Å². The van der Waals surface area contributed by atoms with Gasteiger partial charge in [0.15, 0.2) is 11.6 Å². The first kappa shape index (κ1) is 15.9. The van der Waals surface area contributed by atoms with E-state index in [0.29, 0.717) is 5.56 Å². The average molecular weight is 338 g/mol. The van der Waals surface area contributed by atoms with Gasteiger partial charge in [-0.1, -0.05) is 66.4 Å². The van der Waals surface area contributed by atoms with Crippen LogP contribution in [-0.2, 0) is 0 Å². The normalized spacial score (nSPS) is 10.5. The van der Waals surface area contributed by atoms with E-state index >= 15 is 0 Å². The summed E-state index contributed by atoms with van der Waals surface area (Å²) in [5.41, 5.74) is 7.77. The molecule has 0 unspecified atom stereocenters. The summed E-state index contributed by atoms with van der Waals surface area (Å²) in [4.78, 5) is 27.1. The van der Waals surface area contributed by atoms with Gasteiger partial charge in [0.1, 0.15) is 5.03 Å². The minimum Gasteiger partial charge on any atom is -0.380 e. The van der Waals surface area contributed by atoms with E-state index in [1.165, 1.54) is 0 Å². The summed E-state index contributed by atoms with van der Waals surface area (Å²) in [5.74, 6) is 0.167. The van der Waals surface area contributed by atoms with Crippen molar-refractivity contribution >= 4 is 23.4 Å². The van der Waals surface area contributed by atoms with Crippen LogP contribution in [0.3, 0.4) is 0 Å². The Hall–Kier alpha value is -2.93. The predicted molar refractivity (Wildman–Crippen MR) is 94.0 cm³/mol. The lowest BCUT2D eigenvalue weighted by Crippen LogP contribution is -2.15. The molecule has 1 heterocycles. The maximum absolute atomic E-state index is 12.3. The molecule has 2 aromatic carbocycles. The fraction of sp³-hybridized carbons (Fsp3) is 0.0588. The van der Waals surface area contributed by atoms with Crippen LogP contribution >= 0.6 is 11.8 Å². The Labute approximate surface area is 142 Å². The van der Waals surface area contributed by atoms with Gasteiger partial charge in [-0.25, -0.2) is 9.89 Å². The van der Waals surface area contributed by atoms with E-state index in [4.69, 9.17) is 5.73 Å². The van der Waals surface area contributed by atoms with Crippen LogP contribution in [0.5, 0.6) is 0 Å². The third-order valence-corrected chi connectivity index (χ3v) is 4.33. The molecule has 0 amide bonds. The highest BCUT2D eigenvalue weighted by molar-refractivity contribution is 8.00. The molecule has 7 heteroatoms. The Balaban J connectivity index is 1.69. The number of hydrogen-bond acceptors (Lipinski definition) is 6. The van der Waals surface area contributed by atoms with Crippen LogP contribution in [0.25, 0.3) is 11.1 Å². The standard InChI is InChI=1S/C17H14N4O2S/c18-15-16(19-17(23)21-20-15)24-10-14(22)13-8-6-12(7-9-13)11-4-2-1-3-5-11/h1-9H,10H2,(H2,18,20)(H,19,21,23). The molecule has 0 saturated heterocycles. The van der Waals surface area contributed by atoms with Crippen molar-refractivity contribution in [3.05, 3.63) is 70.6 Å². The highest BCUT2D eigenvalue weighted by Crippen LogP contribution is 2.22. The van der Waals surface area contributed by atoms with Crippen molar-refractivity contribution in [3.8, 4) is 11.1 Å². The second-order valence-electron chi connectivity index (χ2n) is 4.99. The molecule has 3 aromatic rings. The third-order valence-electron chi connectivity index (χ3n) is 3.35. The number of nitrogens with one attached hydrogen (secondary N) is 1. The van der Waals surface area contributed by atoms with E-state index in [9.17, 15) is 9.59 Å². The summed E-state index contributed by atoms with van der Waals surface area (Å²) < 4.78 is 0. The van der Waals surface area contributed by atoms with Crippen LogP contribution < -0.4 is 11.4 Å². The first-order valence-corrected chi connectivity index (χ1v) is 8.16. The summed E-state index contributed by atoms with van der Waals surface area (Å²) in [6.45, 7) is 0. The molecular weight excluding hydrogens is 324 g/mol. The van der Waals surface area contributed by atoms with E-state index in [-0.39, 0.29) is 22.4 Å². The number of benzene rings is 2. The zero-order valence-electron chi connectivity index (χ0n) is 12.6. The molecule has 1 aromatic heterocycles. The number of nitrogens with zero attached hydrogens (tertiary/aromatic N) is 2. The largest absolute Gasteiger partial charge is 0.380 e. The van der Waals surface area contributed by atoms with E-state index in [1.807, 2.05) is 42.5 Å². The Kier molecular flexibility index (Phi) is 4.72. The number of carbonyl (C=O) groups is 1. The van der Waals surface area contributed by atoms with Crippen LogP contribution in [0.4, 0.5) is 5.82 Å². The Morgan fingerprint density at radius 3 is 2.42 bits per heavy atom. The Morgan fingerprint density at radius 2 is 1.71 bits per heavy atom. The van der Waals surface area contributed by atoms with Crippen molar-refractivity contribution < 1.29 is 4.79 Å². The molecule has 6 nitrogen and oxygen atoms in total.